The van der Waals surface area contributed by atoms with Crippen LogP contribution in [0.2, 0.25) is 0 Å². The highest BCUT2D eigenvalue weighted by Crippen LogP contribution is 2.42. The molecule has 1 fully saturated rings. The van der Waals surface area contributed by atoms with Crippen molar-refractivity contribution in [1.29, 1.82) is 0 Å². The lowest BCUT2D eigenvalue weighted by Gasteiger charge is -2.34. The van der Waals surface area contributed by atoms with E-state index in [0.29, 0.717) is 8.61 Å². The third kappa shape index (κ3) is 2.38. The average molecular weight is 366 g/mol. The van der Waals surface area contributed by atoms with E-state index in [2.05, 4.69) is 0 Å². The van der Waals surface area contributed by atoms with Gasteiger partial charge in [-0.3, -0.25) is 9.59 Å². The van der Waals surface area contributed by atoms with Crippen LogP contribution in [-0.2, 0) is 19.8 Å². The van der Waals surface area contributed by atoms with Gasteiger partial charge in [-0.1, -0.05) is 48.7 Å². The van der Waals surface area contributed by atoms with Crippen LogP contribution < -0.4 is 0 Å². The Kier molecular flexibility index (Phi) is 4.62. The quantitative estimate of drug-likeness (QED) is 0.698. The molecule has 0 aromatic heterocycles. The molecule has 1 unspecified atom stereocenters. The Morgan fingerprint density at radius 2 is 1.80 bits per heavy atom. The number of hydrogen-bond acceptors (Lipinski definition) is 4. The minimum atomic E-state index is -4.35. The zero-order valence-electron chi connectivity index (χ0n) is 11.4. The molecule has 1 atom stereocenters. The van der Waals surface area contributed by atoms with Crippen LogP contribution in [0.1, 0.15) is 27.7 Å². The van der Waals surface area contributed by atoms with Gasteiger partial charge in [0.05, 0.1) is 0 Å². The molecule has 0 bridgehead atoms. The van der Waals surface area contributed by atoms with Crippen LogP contribution in [0.4, 0.5) is 0 Å². The fraction of sp³-hybridized carbons (Fsp3) is 0.800. The summed E-state index contributed by atoms with van der Waals surface area (Å²) < 4.78 is 23.3. The molecule has 10 heteroatoms. The summed E-state index contributed by atoms with van der Waals surface area (Å²) >= 11 is 16.5. The first kappa shape index (κ1) is 17.8. The number of halogens is 3. The summed E-state index contributed by atoms with van der Waals surface area (Å²) in [5, 5.41) is 0. The van der Waals surface area contributed by atoms with Crippen molar-refractivity contribution in [3.8, 4) is 0 Å². The molecular formula is C10H15Cl3N2O4S. The third-order valence-corrected chi connectivity index (χ3v) is 5.90. The lowest BCUT2D eigenvalue weighted by atomic mass is 9.87. The Bertz CT molecular complexity index is 543. The van der Waals surface area contributed by atoms with Gasteiger partial charge in [-0.2, -0.15) is 8.42 Å². The summed E-state index contributed by atoms with van der Waals surface area (Å²) in [7, 11) is -4.35. The lowest BCUT2D eigenvalue weighted by molar-refractivity contribution is -0.141. The van der Waals surface area contributed by atoms with Crippen molar-refractivity contribution in [1.82, 2.24) is 8.61 Å². The van der Waals surface area contributed by atoms with Gasteiger partial charge < -0.3 is 0 Å². The normalized spacial score (nSPS) is 26.5. The fourth-order valence-corrected chi connectivity index (χ4v) is 4.44. The summed E-state index contributed by atoms with van der Waals surface area (Å²) in [5.74, 6) is -2.46. The van der Waals surface area contributed by atoms with E-state index in [0.717, 1.165) is 0 Å². The fourth-order valence-electron chi connectivity index (χ4n) is 2.00. The lowest BCUT2D eigenvalue weighted by Crippen LogP contribution is -2.56. The average Bonchev–Trinajstić information content (AvgIpc) is 2.41. The number of hydrogen-bond donors (Lipinski definition) is 0. The van der Waals surface area contributed by atoms with Crippen LogP contribution in [-0.4, -0.2) is 44.7 Å². The van der Waals surface area contributed by atoms with Crippen molar-refractivity contribution in [3.05, 3.63) is 0 Å². The summed E-state index contributed by atoms with van der Waals surface area (Å²) in [6.07, 6.45) is 0. The van der Waals surface area contributed by atoms with E-state index >= 15 is 0 Å². The molecular weight excluding hydrogens is 351 g/mol. The number of carbonyl (C=O) groups is 2. The number of rotatable bonds is 2. The SMILES string of the molecule is CCN1C(=O)C(C)(C(C)C)N(C(=O)C(Cl)(Cl)Cl)S1(=O)=O. The zero-order valence-corrected chi connectivity index (χ0v) is 14.4. The van der Waals surface area contributed by atoms with Crippen molar-refractivity contribution >= 4 is 56.8 Å². The second-order valence-electron chi connectivity index (χ2n) is 4.85. The highest BCUT2D eigenvalue weighted by Gasteiger charge is 2.64. The third-order valence-electron chi connectivity index (χ3n) is 3.43. The van der Waals surface area contributed by atoms with Crippen LogP contribution in [0.5, 0.6) is 0 Å². The van der Waals surface area contributed by atoms with Gasteiger partial charge in [-0.05, 0) is 19.8 Å². The highest BCUT2D eigenvalue weighted by molar-refractivity contribution is 7.88. The Balaban J connectivity index is 3.59. The zero-order chi connectivity index (χ0) is 16.1. The molecule has 2 amide bonds. The maximum absolute atomic E-state index is 12.4. The molecule has 0 aromatic rings. The number of amides is 2. The molecule has 1 aliphatic heterocycles. The first-order chi connectivity index (χ1) is 8.82. The number of carbonyl (C=O) groups excluding carboxylic acids is 2. The molecule has 116 valence electrons. The topological polar surface area (TPSA) is 74.8 Å². The molecule has 1 aliphatic rings. The molecule has 0 radical (unpaired) electrons. The van der Waals surface area contributed by atoms with Gasteiger partial charge in [0.25, 0.3) is 15.6 Å². The molecule has 0 spiro atoms. The Hall–Kier alpha value is -0.240. The number of nitrogens with zero attached hydrogens (tertiary/aromatic N) is 2. The predicted octanol–water partition coefficient (Wildman–Crippen LogP) is 1.71. The van der Waals surface area contributed by atoms with Gasteiger partial charge in [-0.15, -0.1) is 0 Å². The van der Waals surface area contributed by atoms with E-state index < -0.39 is 37.3 Å². The molecule has 0 N–H and O–H groups in total. The van der Waals surface area contributed by atoms with Crippen molar-refractivity contribution < 1.29 is 18.0 Å². The molecule has 0 aliphatic carbocycles. The van der Waals surface area contributed by atoms with Crippen molar-refractivity contribution in [2.24, 2.45) is 5.92 Å². The smallest absolute Gasteiger partial charge is 0.271 e. The highest BCUT2D eigenvalue weighted by atomic mass is 35.6. The van der Waals surface area contributed by atoms with E-state index in [-0.39, 0.29) is 6.54 Å². The van der Waals surface area contributed by atoms with Gasteiger partial charge in [0, 0.05) is 6.54 Å². The van der Waals surface area contributed by atoms with E-state index in [1.54, 1.807) is 13.8 Å². The standard InChI is InChI=1S/C10H15Cl3N2O4S/c1-5-14-7(16)9(4,6(2)3)15(20(14,18)19)8(17)10(11,12)13/h6H,5H2,1-4H3. The summed E-state index contributed by atoms with van der Waals surface area (Å²) in [6, 6.07) is 0. The van der Waals surface area contributed by atoms with Gasteiger partial charge in [0.15, 0.2) is 0 Å². The number of alkyl halides is 3. The predicted molar refractivity (Wildman–Crippen MR) is 76.7 cm³/mol. The maximum atomic E-state index is 12.4. The second-order valence-corrected chi connectivity index (χ2v) is 8.83. The first-order valence-corrected chi connectivity index (χ1v) is 8.34. The van der Waals surface area contributed by atoms with E-state index in [1.165, 1.54) is 13.8 Å². The van der Waals surface area contributed by atoms with Gasteiger partial charge >= 0.3 is 10.2 Å². The Morgan fingerprint density at radius 1 is 1.35 bits per heavy atom. The first-order valence-electron chi connectivity index (χ1n) is 5.81. The Labute approximate surface area is 133 Å². The minimum Gasteiger partial charge on any atom is -0.271 e. The molecule has 20 heavy (non-hydrogen) atoms. The van der Waals surface area contributed by atoms with E-state index in [9.17, 15) is 18.0 Å². The molecule has 0 aromatic carbocycles. The number of likely N-dealkylation sites (N-methyl/N-ethyl adjacent to an activating group) is 1. The largest absolute Gasteiger partial charge is 0.332 e. The van der Waals surface area contributed by atoms with Crippen molar-refractivity contribution in [3.63, 3.8) is 0 Å². The van der Waals surface area contributed by atoms with Crippen LogP contribution >= 0.6 is 34.8 Å². The van der Waals surface area contributed by atoms with Crippen LogP contribution in [0.3, 0.4) is 0 Å². The van der Waals surface area contributed by atoms with E-state index in [4.69, 9.17) is 34.8 Å². The molecule has 1 heterocycles. The van der Waals surface area contributed by atoms with E-state index in [1.807, 2.05) is 0 Å². The van der Waals surface area contributed by atoms with Crippen molar-refractivity contribution in [2.45, 2.75) is 37.0 Å². The van der Waals surface area contributed by atoms with Crippen molar-refractivity contribution in [2.75, 3.05) is 6.54 Å². The summed E-state index contributed by atoms with van der Waals surface area (Å²) in [5.41, 5.74) is -1.62. The second kappa shape index (κ2) is 5.19. The molecule has 1 rings (SSSR count). The monoisotopic (exact) mass is 364 g/mol. The molecule has 1 saturated heterocycles. The van der Waals surface area contributed by atoms with Crippen LogP contribution in [0, 0.1) is 5.92 Å². The summed E-state index contributed by atoms with van der Waals surface area (Å²) in [6.45, 7) is 5.96. The maximum Gasteiger partial charge on any atom is 0.332 e. The Morgan fingerprint density at radius 3 is 2.10 bits per heavy atom. The summed E-state index contributed by atoms with van der Waals surface area (Å²) in [4.78, 5) is 24.6. The van der Waals surface area contributed by atoms with Crippen LogP contribution in [0.25, 0.3) is 0 Å². The molecule has 6 nitrogen and oxygen atoms in total. The minimum absolute atomic E-state index is 0.104. The van der Waals surface area contributed by atoms with Crippen LogP contribution in [0.15, 0.2) is 0 Å². The van der Waals surface area contributed by atoms with Gasteiger partial charge in [0.2, 0.25) is 0 Å². The van der Waals surface area contributed by atoms with Gasteiger partial charge in [-0.25, -0.2) is 8.61 Å². The molecule has 0 saturated carbocycles. The van der Waals surface area contributed by atoms with Gasteiger partial charge in [0.1, 0.15) is 5.54 Å².